The molecule has 1 aliphatic heterocycles. The molecule has 3 N–H and O–H groups in total. The van der Waals surface area contributed by atoms with E-state index in [1.807, 2.05) is 20.8 Å². The molecule has 0 saturated carbocycles. The van der Waals surface area contributed by atoms with Crippen molar-refractivity contribution in [1.82, 2.24) is 10.2 Å². The molecular weight excluding hydrogens is 214 g/mol. The van der Waals surface area contributed by atoms with Crippen LogP contribution in [-0.2, 0) is 4.79 Å². The van der Waals surface area contributed by atoms with Gasteiger partial charge < -0.3 is 11.1 Å². The van der Waals surface area contributed by atoms with Crippen LogP contribution in [-0.4, -0.2) is 42.5 Å². The normalized spacial score (nSPS) is 26.9. The Bertz CT molecular complexity index is 260. The molecule has 0 spiro atoms. The number of hydrogen-bond donors (Lipinski definition) is 2. The predicted octanol–water partition coefficient (Wildman–Crippen LogP) is 0.818. The Morgan fingerprint density at radius 1 is 1.47 bits per heavy atom. The first-order valence-corrected chi connectivity index (χ1v) is 6.55. The van der Waals surface area contributed by atoms with E-state index in [1.165, 1.54) is 0 Å². The number of nitrogens with zero attached hydrogens (tertiary/aromatic N) is 1. The van der Waals surface area contributed by atoms with Crippen LogP contribution in [0.3, 0.4) is 0 Å². The van der Waals surface area contributed by atoms with Crippen molar-refractivity contribution in [2.45, 2.75) is 39.7 Å². The highest BCUT2D eigenvalue weighted by atomic mass is 16.2. The Hall–Kier alpha value is -0.610. The minimum atomic E-state index is -0.141. The summed E-state index contributed by atoms with van der Waals surface area (Å²) < 4.78 is 0. The summed E-state index contributed by atoms with van der Waals surface area (Å²) >= 11 is 0. The highest BCUT2D eigenvalue weighted by Crippen LogP contribution is 2.21. The van der Waals surface area contributed by atoms with E-state index in [1.54, 1.807) is 0 Å². The summed E-state index contributed by atoms with van der Waals surface area (Å²) in [6.07, 6.45) is 1.11. The molecule has 2 unspecified atom stereocenters. The maximum Gasteiger partial charge on any atom is 0.234 e. The first kappa shape index (κ1) is 14.5. The fraction of sp³-hybridized carbons (Fsp3) is 0.923. The van der Waals surface area contributed by atoms with E-state index in [0.717, 1.165) is 26.1 Å². The molecule has 0 aromatic carbocycles. The smallest absolute Gasteiger partial charge is 0.234 e. The van der Waals surface area contributed by atoms with Gasteiger partial charge in [0.2, 0.25) is 5.91 Å². The fourth-order valence-electron chi connectivity index (χ4n) is 2.44. The van der Waals surface area contributed by atoms with Crippen molar-refractivity contribution >= 4 is 5.91 Å². The van der Waals surface area contributed by atoms with Gasteiger partial charge >= 0.3 is 0 Å². The summed E-state index contributed by atoms with van der Waals surface area (Å²) in [4.78, 5) is 14.0. The lowest BCUT2D eigenvalue weighted by molar-refractivity contribution is -0.124. The molecule has 1 aliphatic rings. The topological polar surface area (TPSA) is 58.4 Å². The lowest BCUT2D eigenvalue weighted by atomic mass is 9.87. The first-order valence-electron chi connectivity index (χ1n) is 6.55. The molecule has 0 aliphatic carbocycles. The highest BCUT2D eigenvalue weighted by molar-refractivity contribution is 5.78. The highest BCUT2D eigenvalue weighted by Gasteiger charge is 2.26. The molecule has 17 heavy (non-hydrogen) atoms. The van der Waals surface area contributed by atoms with E-state index in [0.29, 0.717) is 18.4 Å². The summed E-state index contributed by atoms with van der Waals surface area (Å²) in [5.74, 6) is 1.34. The van der Waals surface area contributed by atoms with Crippen LogP contribution in [0.1, 0.15) is 34.1 Å². The third kappa shape index (κ3) is 5.04. The van der Waals surface area contributed by atoms with E-state index in [-0.39, 0.29) is 11.4 Å². The Balaban J connectivity index is 2.36. The third-order valence-electron chi connectivity index (χ3n) is 3.35. The van der Waals surface area contributed by atoms with Crippen LogP contribution in [0.15, 0.2) is 0 Å². The monoisotopic (exact) mass is 241 g/mol. The van der Waals surface area contributed by atoms with Crippen LogP contribution in [0.5, 0.6) is 0 Å². The molecule has 4 nitrogen and oxygen atoms in total. The van der Waals surface area contributed by atoms with Crippen molar-refractivity contribution in [3.8, 4) is 0 Å². The van der Waals surface area contributed by atoms with Gasteiger partial charge in [-0.05, 0) is 52.1 Å². The second-order valence-electron chi connectivity index (χ2n) is 6.30. The number of carbonyl (C=O) groups is 1. The van der Waals surface area contributed by atoms with Gasteiger partial charge in [0.05, 0.1) is 6.54 Å². The second kappa shape index (κ2) is 5.83. The largest absolute Gasteiger partial charge is 0.350 e. The van der Waals surface area contributed by atoms with E-state index < -0.39 is 0 Å². The van der Waals surface area contributed by atoms with Gasteiger partial charge in [-0.3, -0.25) is 9.69 Å². The van der Waals surface area contributed by atoms with Crippen LogP contribution in [0, 0.1) is 11.8 Å². The minimum Gasteiger partial charge on any atom is -0.350 e. The number of carbonyl (C=O) groups excluding carboxylic acids is 1. The quantitative estimate of drug-likeness (QED) is 0.769. The fourth-order valence-corrected chi connectivity index (χ4v) is 2.44. The number of piperidine rings is 1. The maximum absolute atomic E-state index is 11.8. The van der Waals surface area contributed by atoms with E-state index in [2.05, 4.69) is 17.1 Å². The average Bonchev–Trinajstić information content (AvgIpc) is 2.14. The zero-order valence-electron chi connectivity index (χ0n) is 11.6. The van der Waals surface area contributed by atoms with Crippen LogP contribution in [0.25, 0.3) is 0 Å². The first-order chi connectivity index (χ1) is 7.81. The molecule has 1 fully saturated rings. The van der Waals surface area contributed by atoms with Crippen molar-refractivity contribution in [2.24, 2.45) is 17.6 Å². The molecule has 1 saturated heterocycles. The molecule has 0 aromatic heterocycles. The number of nitrogens with one attached hydrogen (secondary N) is 1. The summed E-state index contributed by atoms with van der Waals surface area (Å²) in [6.45, 7) is 11.5. The molecule has 2 atom stereocenters. The standard InChI is InChI=1S/C13H27N3O/c1-10-8-16(6-5-11(10)7-14)9-12(17)15-13(2,3)4/h10-11H,5-9,14H2,1-4H3,(H,15,17). The van der Waals surface area contributed by atoms with Crippen LogP contribution in [0.2, 0.25) is 0 Å². The summed E-state index contributed by atoms with van der Waals surface area (Å²) in [5.41, 5.74) is 5.59. The average molecular weight is 241 g/mol. The van der Waals surface area contributed by atoms with Crippen molar-refractivity contribution in [3.63, 3.8) is 0 Å². The Labute approximate surface area is 105 Å². The van der Waals surface area contributed by atoms with Crippen LogP contribution in [0.4, 0.5) is 0 Å². The second-order valence-corrected chi connectivity index (χ2v) is 6.30. The molecule has 4 heteroatoms. The zero-order chi connectivity index (χ0) is 13.1. The van der Waals surface area contributed by atoms with Gasteiger partial charge in [0.15, 0.2) is 0 Å². The third-order valence-corrected chi connectivity index (χ3v) is 3.35. The van der Waals surface area contributed by atoms with E-state index in [9.17, 15) is 4.79 Å². The number of amides is 1. The van der Waals surface area contributed by atoms with Crippen LogP contribution >= 0.6 is 0 Å². The molecule has 1 rings (SSSR count). The van der Waals surface area contributed by atoms with Gasteiger partial charge in [-0.2, -0.15) is 0 Å². The maximum atomic E-state index is 11.8. The molecule has 0 radical (unpaired) electrons. The van der Waals surface area contributed by atoms with Gasteiger partial charge in [0.1, 0.15) is 0 Å². The van der Waals surface area contributed by atoms with Gasteiger partial charge in [-0.15, -0.1) is 0 Å². The number of hydrogen-bond acceptors (Lipinski definition) is 3. The Morgan fingerprint density at radius 2 is 2.12 bits per heavy atom. The molecule has 0 aromatic rings. The molecular formula is C13H27N3O. The summed E-state index contributed by atoms with van der Waals surface area (Å²) in [7, 11) is 0. The molecule has 1 amide bonds. The molecule has 100 valence electrons. The lowest BCUT2D eigenvalue weighted by Gasteiger charge is -2.36. The van der Waals surface area contributed by atoms with Crippen molar-refractivity contribution in [3.05, 3.63) is 0 Å². The van der Waals surface area contributed by atoms with Crippen molar-refractivity contribution < 1.29 is 4.79 Å². The Kier molecular flexibility index (Phi) is 4.95. The molecule has 0 bridgehead atoms. The van der Waals surface area contributed by atoms with E-state index >= 15 is 0 Å². The number of rotatable bonds is 3. The lowest BCUT2D eigenvalue weighted by Crippen LogP contribution is -2.49. The zero-order valence-corrected chi connectivity index (χ0v) is 11.6. The van der Waals surface area contributed by atoms with Gasteiger partial charge in [-0.25, -0.2) is 0 Å². The SMILES string of the molecule is CC1CN(CC(=O)NC(C)(C)C)CCC1CN. The van der Waals surface area contributed by atoms with Crippen molar-refractivity contribution in [1.29, 1.82) is 0 Å². The summed E-state index contributed by atoms with van der Waals surface area (Å²) in [6, 6.07) is 0. The summed E-state index contributed by atoms with van der Waals surface area (Å²) in [5, 5.41) is 3.00. The van der Waals surface area contributed by atoms with Crippen LogP contribution < -0.4 is 11.1 Å². The van der Waals surface area contributed by atoms with Crippen molar-refractivity contribution in [2.75, 3.05) is 26.2 Å². The van der Waals surface area contributed by atoms with Gasteiger partial charge in [-0.1, -0.05) is 6.92 Å². The minimum absolute atomic E-state index is 0.121. The predicted molar refractivity (Wildman–Crippen MR) is 70.7 cm³/mol. The Morgan fingerprint density at radius 3 is 2.59 bits per heavy atom. The van der Waals surface area contributed by atoms with Gasteiger partial charge in [0, 0.05) is 12.1 Å². The number of nitrogens with two attached hydrogens (primary N) is 1. The van der Waals surface area contributed by atoms with Gasteiger partial charge in [0.25, 0.3) is 0 Å². The van der Waals surface area contributed by atoms with E-state index in [4.69, 9.17) is 5.73 Å². The molecule has 1 heterocycles. The number of likely N-dealkylation sites (tertiary alicyclic amines) is 1.